The Kier molecular flexibility index (Phi) is 6.20. The van der Waals surface area contributed by atoms with Gasteiger partial charge in [0.2, 0.25) is 0 Å². The van der Waals surface area contributed by atoms with Crippen molar-refractivity contribution in [2.45, 2.75) is 38.1 Å². The van der Waals surface area contributed by atoms with Crippen LogP contribution in [-0.4, -0.2) is 69.9 Å². The second kappa shape index (κ2) is 9.51. The summed E-state index contributed by atoms with van der Waals surface area (Å²) in [7, 11) is -0.884. The average Bonchev–Trinajstić information content (AvgIpc) is 3.63. The fraction of sp³-hybridized carbons (Fsp3) is 0.500. The molecule has 4 N–H and O–H groups in total. The minimum absolute atomic E-state index is 0.421. The van der Waals surface area contributed by atoms with Crippen LogP contribution in [0.1, 0.15) is 37.7 Å². The van der Waals surface area contributed by atoms with E-state index in [9.17, 15) is 10.2 Å². The average molecular weight is 508 g/mol. The first-order valence-electron chi connectivity index (χ1n) is 13.0. The maximum absolute atomic E-state index is 11.5. The summed E-state index contributed by atoms with van der Waals surface area (Å²) in [4.78, 5) is 26.5. The normalized spacial score (nSPS) is 20.9. The van der Waals surface area contributed by atoms with Crippen molar-refractivity contribution in [3.8, 4) is 11.8 Å². The molecule has 36 heavy (non-hydrogen) atoms. The molecule has 3 aliphatic rings. The first-order valence-corrected chi connectivity index (χ1v) is 15.4. The van der Waals surface area contributed by atoms with Gasteiger partial charge in [-0.3, -0.25) is 0 Å². The van der Waals surface area contributed by atoms with Crippen LogP contribution >= 0.6 is 7.49 Å². The molecule has 0 radical (unpaired) electrons. The Balaban J connectivity index is 1.25. The van der Waals surface area contributed by atoms with Crippen LogP contribution in [0.3, 0.4) is 0 Å². The predicted octanol–water partition coefficient (Wildman–Crippen LogP) is 3.55. The minimum atomic E-state index is -2.53. The summed E-state index contributed by atoms with van der Waals surface area (Å²) in [5, 5.41) is 18.0. The number of nitriles is 1. The molecule has 3 fully saturated rings. The number of ether oxygens (including phenoxy) is 1. The van der Waals surface area contributed by atoms with Crippen LogP contribution in [0.4, 0.5) is 17.5 Å². The number of nitrogens with one attached hydrogen (secondary N) is 3. The molecule has 190 valence electrons. The van der Waals surface area contributed by atoms with Gasteiger partial charge in [-0.1, -0.05) is 6.42 Å². The number of methoxy groups -OCH3 is 1. The summed E-state index contributed by atoms with van der Waals surface area (Å²) in [5.41, 5.74) is 1.88. The van der Waals surface area contributed by atoms with Gasteiger partial charge in [-0.25, -0.2) is 0 Å². The fourth-order valence-corrected chi connectivity index (χ4v) is 8.37. The van der Waals surface area contributed by atoms with Gasteiger partial charge in [0, 0.05) is 0 Å². The number of anilines is 3. The van der Waals surface area contributed by atoms with Gasteiger partial charge in [0.05, 0.1) is 0 Å². The van der Waals surface area contributed by atoms with Crippen LogP contribution in [0.25, 0.3) is 11.0 Å². The molecule has 1 saturated heterocycles. The molecular formula is C26H34N7O2P. The molecule has 0 bridgehead atoms. The van der Waals surface area contributed by atoms with Gasteiger partial charge in [0.25, 0.3) is 0 Å². The molecule has 0 unspecified atom stereocenters. The van der Waals surface area contributed by atoms with Crippen molar-refractivity contribution in [3.05, 3.63) is 30.0 Å². The van der Waals surface area contributed by atoms with E-state index in [1.807, 2.05) is 18.2 Å². The number of nitrogens with zero attached hydrogens (tertiary/aromatic N) is 4. The number of aromatic amines is 1. The number of aromatic nitrogens is 3. The van der Waals surface area contributed by atoms with E-state index in [2.05, 4.69) is 31.6 Å². The molecule has 2 aromatic heterocycles. The summed E-state index contributed by atoms with van der Waals surface area (Å²) in [6.07, 6.45) is 9.74. The topological polar surface area (TPSA) is 122 Å². The van der Waals surface area contributed by atoms with Crippen molar-refractivity contribution >= 4 is 41.3 Å². The van der Waals surface area contributed by atoms with E-state index in [4.69, 9.17) is 9.72 Å². The number of hydrogen-bond donors (Lipinski definition) is 4. The molecule has 0 amide bonds. The molecule has 10 heteroatoms. The third kappa shape index (κ3) is 4.50. The molecule has 3 aromatic rings. The summed E-state index contributed by atoms with van der Waals surface area (Å²) >= 11 is 0. The number of H-pyrrole nitrogens is 1. The van der Waals surface area contributed by atoms with Crippen LogP contribution in [0.5, 0.6) is 5.75 Å². The van der Waals surface area contributed by atoms with Crippen LogP contribution in [-0.2, 0) is 0 Å². The van der Waals surface area contributed by atoms with Gasteiger partial charge in [0.1, 0.15) is 0 Å². The number of rotatable bonds is 8. The Labute approximate surface area is 211 Å². The molecule has 0 spiro atoms. The third-order valence-corrected chi connectivity index (χ3v) is 11.6. The van der Waals surface area contributed by atoms with E-state index in [-0.39, 0.29) is 0 Å². The SMILES string of the molecule is COc1cc([PH]2(O)CCN(C3CC3)CC2)ccc1Nc1nc(NCC2CCC2)c2c(C#N)c[nH]c2n1. The summed E-state index contributed by atoms with van der Waals surface area (Å²) in [6.45, 7) is 2.81. The monoisotopic (exact) mass is 507 g/mol. The van der Waals surface area contributed by atoms with Crippen LogP contribution in [0, 0.1) is 17.2 Å². The third-order valence-electron chi connectivity index (χ3n) is 8.11. The summed E-state index contributed by atoms with van der Waals surface area (Å²) in [5.74, 6) is 2.39. The number of fused-ring (bicyclic) bond motifs is 1. The Bertz CT molecular complexity index is 1300. The molecular weight excluding hydrogens is 473 g/mol. The van der Waals surface area contributed by atoms with E-state index in [1.54, 1.807) is 13.3 Å². The molecule has 2 aliphatic carbocycles. The molecule has 9 nitrogen and oxygen atoms in total. The quantitative estimate of drug-likeness (QED) is 0.342. The van der Waals surface area contributed by atoms with Gasteiger partial charge < -0.3 is 0 Å². The van der Waals surface area contributed by atoms with Gasteiger partial charge in [-0.15, -0.1) is 0 Å². The van der Waals surface area contributed by atoms with Crippen molar-refractivity contribution in [1.82, 2.24) is 19.9 Å². The van der Waals surface area contributed by atoms with Gasteiger partial charge >= 0.3 is 205 Å². The molecule has 1 aliphatic heterocycles. The van der Waals surface area contributed by atoms with Gasteiger partial charge in [0.15, 0.2) is 0 Å². The Morgan fingerprint density at radius 3 is 2.69 bits per heavy atom. The zero-order valence-corrected chi connectivity index (χ0v) is 21.7. The number of benzene rings is 1. The zero-order valence-electron chi connectivity index (χ0n) is 20.7. The number of hydrogen-bond acceptors (Lipinski definition) is 8. The second-order valence-corrected chi connectivity index (χ2v) is 14.1. The molecule has 0 atom stereocenters. The first-order chi connectivity index (χ1) is 17.6. The van der Waals surface area contributed by atoms with E-state index >= 15 is 0 Å². The van der Waals surface area contributed by atoms with Crippen molar-refractivity contribution in [3.63, 3.8) is 0 Å². The summed E-state index contributed by atoms with van der Waals surface area (Å²) < 4.78 is 5.72. The fourth-order valence-electron chi connectivity index (χ4n) is 5.43. The van der Waals surface area contributed by atoms with Crippen molar-refractivity contribution in [2.24, 2.45) is 5.92 Å². The molecule has 3 heterocycles. The first kappa shape index (κ1) is 23.5. The summed E-state index contributed by atoms with van der Waals surface area (Å²) in [6, 6.07) is 8.95. The Morgan fingerprint density at radius 2 is 2.03 bits per heavy atom. The van der Waals surface area contributed by atoms with E-state index < -0.39 is 7.49 Å². The molecule has 6 rings (SSSR count). The molecule has 1 aromatic carbocycles. The Morgan fingerprint density at radius 1 is 1.22 bits per heavy atom. The Hall–Kier alpha value is -2.92. The van der Waals surface area contributed by atoms with Crippen molar-refractivity contribution in [1.29, 1.82) is 5.26 Å². The van der Waals surface area contributed by atoms with Gasteiger partial charge in [-0.2, -0.15) is 0 Å². The standard InChI is InChI=1S/C26H34N7O2P/c1-35-22-13-20(36(34)11-9-33(10-12-36)19-5-6-19)7-8-21(22)30-26-31-24(28-15-17-3-2-4-17)23-18(14-27)16-29-25(23)32-26/h7-8,13,16-17,19,34,36H,2-6,9-12,15H2,1H3,(H3,28,29,30,31,32). The van der Waals surface area contributed by atoms with E-state index in [0.29, 0.717) is 34.6 Å². The second-order valence-electron chi connectivity index (χ2n) is 10.5. The van der Waals surface area contributed by atoms with E-state index in [0.717, 1.165) is 54.4 Å². The van der Waals surface area contributed by atoms with Crippen LogP contribution in [0.15, 0.2) is 24.4 Å². The van der Waals surface area contributed by atoms with Gasteiger partial charge in [-0.05, 0) is 0 Å². The predicted molar refractivity (Wildman–Crippen MR) is 145 cm³/mol. The van der Waals surface area contributed by atoms with Crippen LogP contribution < -0.4 is 20.7 Å². The van der Waals surface area contributed by atoms with E-state index in [1.165, 1.54) is 32.1 Å². The van der Waals surface area contributed by atoms with Crippen LogP contribution in [0.2, 0.25) is 0 Å². The molecule has 2 saturated carbocycles. The van der Waals surface area contributed by atoms with Crippen molar-refractivity contribution < 1.29 is 9.63 Å². The zero-order chi connectivity index (χ0) is 24.7. The van der Waals surface area contributed by atoms with Crippen molar-refractivity contribution in [2.75, 3.05) is 49.7 Å². The maximum atomic E-state index is 11.5.